The van der Waals surface area contributed by atoms with Gasteiger partial charge in [0.2, 0.25) is 10.0 Å². The molecule has 5 heteroatoms. The van der Waals surface area contributed by atoms with Crippen molar-refractivity contribution in [1.29, 1.82) is 0 Å². The first kappa shape index (κ1) is 17.5. The molecule has 0 aliphatic carbocycles. The summed E-state index contributed by atoms with van der Waals surface area (Å²) >= 11 is 0. The van der Waals surface area contributed by atoms with Gasteiger partial charge in [-0.15, -0.1) is 0 Å². The number of primary sulfonamides is 1. The molecule has 3 aromatic carbocycles. The predicted octanol–water partition coefficient (Wildman–Crippen LogP) is 4.15. The van der Waals surface area contributed by atoms with E-state index in [2.05, 4.69) is 37.3 Å². The van der Waals surface area contributed by atoms with Crippen molar-refractivity contribution in [2.45, 2.75) is 18.2 Å². The number of nitrogens with two attached hydrogens (primary N) is 1. The number of sulfonamides is 1. The van der Waals surface area contributed by atoms with Gasteiger partial charge in [-0.05, 0) is 48.4 Å². The number of hydrogen-bond acceptors (Lipinski definition) is 3. The normalized spacial score (nSPS) is 13.9. The van der Waals surface area contributed by atoms with E-state index in [0.29, 0.717) is 0 Å². The van der Waals surface area contributed by atoms with Crippen LogP contribution in [0.5, 0.6) is 5.75 Å². The second-order valence-corrected chi connectivity index (χ2v) is 8.19. The van der Waals surface area contributed by atoms with Crippen molar-refractivity contribution in [3.8, 4) is 5.75 Å². The molecule has 0 aromatic heterocycles. The zero-order chi connectivity index (χ0) is 19.0. The minimum absolute atomic E-state index is 0.0833. The summed E-state index contributed by atoms with van der Waals surface area (Å²) < 4.78 is 29.3. The summed E-state index contributed by atoms with van der Waals surface area (Å²) in [6.07, 6.45) is 0.742. The van der Waals surface area contributed by atoms with Crippen LogP contribution in [0.4, 0.5) is 0 Å². The Kier molecular flexibility index (Phi) is 4.34. The average molecular weight is 377 g/mol. The molecule has 0 spiro atoms. The third-order valence-electron chi connectivity index (χ3n) is 4.67. The molecule has 3 aromatic rings. The molecule has 4 rings (SSSR count). The molecule has 1 heterocycles. The average Bonchev–Trinajstić information content (AvgIpc) is 2.67. The van der Waals surface area contributed by atoms with E-state index < -0.39 is 10.0 Å². The van der Waals surface area contributed by atoms with Crippen LogP contribution in [-0.4, -0.2) is 8.42 Å². The first-order valence-electron chi connectivity index (χ1n) is 8.61. The number of aryl methyl sites for hydroxylation is 1. The number of rotatable bonds is 3. The van der Waals surface area contributed by atoms with Gasteiger partial charge in [0, 0.05) is 17.6 Å². The number of para-hydroxylation sites is 1. The highest BCUT2D eigenvalue weighted by Gasteiger charge is 2.22. The van der Waals surface area contributed by atoms with Crippen molar-refractivity contribution in [2.24, 2.45) is 5.14 Å². The number of benzene rings is 3. The van der Waals surface area contributed by atoms with Gasteiger partial charge in [0.25, 0.3) is 0 Å². The predicted molar refractivity (Wildman–Crippen MR) is 107 cm³/mol. The summed E-state index contributed by atoms with van der Waals surface area (Å²) in [6.45, 7) is 2.05. The summed E-state index contributed by atoms with van der Waals surface area (Å²) in [5.74, 6) is 1.55. The lowest BCUT2D eigenvalue weighted by Crippen LogP contribution is -2.12. The summed E-state index contributed by atoms with van der Waals surface area (Å²) in [6, 6.07) is 22.7. The van der Waals surface area contributed by atoms with Crippen molar-refractivity contribution in [2.75, 3.05) is 0 Å². The number of fused-ring (bicyclic) bond motifs is 1. The molecule has 0 unspecified atom stereocenters. The third-order valence-corrected chi connectivity index (χ3v) is 5.60. The Morgan fingerprint density at radius 2 is 1.48 bits per heavy atom. The Labute approximate surface area is 159 Å². The largest absolute Gasteiger partial charge is 0.456 e. The quantitative estimate of drug-likeness (QED) is 0.746. The van der Waals surface area contributed by atoms with Crippen molar-refractivity contribution in [3.05, 3.63) is 95.1 Å². The van der Waals surface area contributed by atoms with Crippen molar-refractivity contribution >= 4 is 21.4 Å². The number of allylic oxidation sites excluding steroid dienone is 1. The molecule has 136 valence electrons. The maximum atomic E-state index is 11.5. The van der Waals surface area contributed by atoms with E-state index in [0.717, 1.165) is 40.2 Å². The van der Waals surface area contributed by atoms with Crippen LogP contribution in [0.1, 0.15) is 22.3 Å². The van der Waals surface area contributed by atoms with Gasteiger partial charge in [0.05, 0.1) is 4.90 Å². The van der Waals surface area contributed by atoms with E-state index in [1.54, 1.807) is 12.1 Å². The van der Waals surface area contributed by atoms with Gasteiger partial charge in [0.15, 0.2) is 0 Å². The van der Waals surface area contributed by atoms with E-state index in [9.17, 15) is 8.42 Å². The lowest BCUT2D eigenvalue weighted by molar-refractivity contribution is 0.502. The van der Waals surface area contributed by atoms with Crippen LogP contribution in [0.3, 0.4) is 0 Å². The summed E-state index contributed by atoms with van der Waals surface area (Å²) in [5, 5.41) is 5.21. The topological polar surface area (TPSA) is 69.4 Å². The van der Waals surface area contributed by atoms with Crippen LogP contribution in [0, 0.1) is 6.92 Å². The molecule has 0 amide bonds. The number of hydrogen-bond donors (Lipinski definition) is 1. The molecule has 27 heavy (non-hydrogen) atoms. The van der Waals surface area contributed by atoms with E-state index in [1.165, 1.54) is 17.7 Å². The molecule has 1 aliphatic heterocycles. The molecule has 0 saturated carbocycles. The third kappa shape index (κ3) is 3.52. The first-order valence-corrected chi connectivity index (χ1v) is 10.2. The maximum absolute atomic E-state index is 11.5. The molecular formula is C22H19NO3S. The molecule has 0 bridgehead atoms. The Bertz CT molecular complexity index is 1130. The molecule has 0 atom stereocenters. The SMILES string of the molecule is Cc1ccc(C2=C(c3ccc(S(N)(=O)=O)cc3)Oc3ccccc3C2)cc1. The summed E-state index contributed by atoms with van der Waals surface area (Å²) in [7, 11) is -3.73. The van der Waals surface area contributed by atoms with Gasteiger partial charge in [-0.1, -0.05) is 48.0 Å². The maximum Gasteiger partial charge on any atom is 0.238 e. The molecule has 2 N–H and O–H groups in total. The van der Waals surface area contributed by atoms with Crippen LogP contribution >= 0.6 is 0 Å². The lowest BCUT2D eigenvalue weighted by Gasteiger charge is -2.24. The van der Waals surface area contributed by atoms with Crippen LogP contribution in [-0.2, 0) is 16.4 Å². The fourth-order valence-corrected chi connectivity index (χ4v) is 3.72. The second-order valence-electron chi connectivity index (χ2n) is 6.63. The van der Waals surface area contributed by atoms with E-state index in [-0.39, 0.29) is 4.90 Å². The van der Waals surface area contributed by atoms with Gasteiger partial charge >= 0.3 is 0 Å². The summed E-state index contributed by atoms with van der Waals surface area (Å²) in [4.78, 5) is 0.0833. The van der Waals surface area contributed by atoms with Crippen LogP contribution in [0.25, 0.3) is 11.3 Å². The highest BCUT2D eigenvalue weighted by Crippen LogP contribution is 2.39. The van der Waals surface area contributed by atoms with E-state index >= 15 is 0 Å². The van der Waals surface area contributed by atoms with Gasteiger partial charge in [0.1, 0.15) is 11.5 Å². The summed E-state index contributed by atoms with van der Waals surface area (Å²) in [5.41, 5.74) is 5.28. The van der Waals surface area contributed by atoms with Crippen molar-refractivity contribution in [1.82, 2.24) is 0 Å². The highest BCUT2D eigenvalue weighted by atomic mass is 32.2. The zero-order valence-corrected chi connectivity index (χ0v) is 15.7. The van der Waals surface area contributed by atoms with Crippen LogP contribution in [0.15, 0.2) is 77.7 Å². The highest BCUT2D eigenvalue weighted by molar-refractivity contribution is 7.89. The van der Waals surface area contributed by atoms with Gasteiger partial charge in [-0.3, -0.25) is 0 Å². The Balaban J connectivity index is 1.85. The van der Waals surface area contributed by atoms with Gasteiger partial charge < -0.3 is 4.74 Å². The van der Waals surface area contributed by atoms with E-state index in [4.69, 9.17) is 9.88 Å². The van der Waals surface area contributed by atoms with E-state index in [1.807, 2.05) is 18.2 Å². The standard InChI is InChI=1S/C22H19NO3S/c1-15-6-8-16(9-7-15)20-14-18-4-2-3-5-21(18)26-22(20)17-10-12-19(13-11-17)27(23,24)25/h2-13H,14H2,1H3,(H2,23,24,25). The van der Waals surface area contributed by atoms with Crippen LogP contribution < -0.4 is 9.88 Å². The Morgan fingerprint density at radius 3 is 2.15 bits per heavy atom. The van der Waals surface area contributed by atoms with Crippen LogP contribution in [0.2, 0.25) is 0 Å². The fourth-order valence-electron chi connectivity index (χ4n) is 3.21. The smallest absolute Gasteiger partial charge is 0.238 e. The Hall–Kier alpha value is -2.89. The zero-order valence-electron chi connectivity index (χ0n) is 14.8. The van der Waals surface area contributed by atoms with Gasteiger partial charge in [-0.2, -0.15) is 0 Å². The Morgan fingerprint density at radius 1 is 0.852 bits per heavy atom. The monoisotopic (exact) mass is 377 g/mol. The minimum Gasteiger partial charge on any atom is -0.456 e. The molecule has 0 saturated heterocycles. The minimum atomic E-state index is -3.73. The van der Waals surface area contributed by atoms with Crippen molar-refractivity contribution < 1.29 is 13.2 Å². The molecule has 0 fully saturated rings. The molecule has 1 aliphatic rings. The first-order chi connectivity index (χ1) is 12.9. The molecular weight excluding hydrogens is 358 g/mol. The van der Waals surface area contributed by atoms with Gasteiger partial charge in [-0.25, -0.2) is 13.6 Å². The van der Waals surface area contributed by atoms with Crippen molar-refractivity contribution in [3.63, 3.8) is 0 Å². The molecule has 4 nitrogen and oxygen atoms in total. The molecule has 0 radical (unpaired) electrons. The lowest BCUT2D eigenvalue weighted by atomic mass is 9.92. The number of ether oxygens (including phenoxy) is 1. The second kappa shape index (κ2) is 6.68. The fraction of sp³-hybridized carbons (Fsp3) is 0.0909.